The third-order valence-electron chi connectivity index (χ3n) is 5.27. The lowest BCUT2D eigenvalue weighted by Crippen LogP contribution is -2.46. The molecule has 2 aliphatic rings. The Bertz CT molecular complexity index is 758. The van der Waals surface area contributed by atoms with Gasteiger partial charge in [-0.25, -0.2) is 9.69 Å². The summed E-state index contributed by atoms with van der Waals surface area (Å²) in [5.41, 5.74) is 0.357. The van der Waals surface area contributed by atoms with E-state index in [0.29, 0.717) is 24.3 Å². The lowest BCUT2D eigenvalue weighted by Gasteiger charge is -2.34. The highest BCUT2D eigenvalue weighted by Gasteiger charge is 2.49. The highest BCUT2D eigenvalue weighted by molar-refractivity contribution is 6.45. The van der Waals surface area contributed by atoms with Crippen molar-refractivity contribution in [3.63, 3.8) is 0 Å². The summed E-state index contributed by atoms with van der Waals surface area (Å²) in [6.07, 6.45) is 3.60. The van der Waals surface area contributed by atoms with E-state index in [2.05, 4.69) is 0 Å². The van der Waals surface area contributed by atoms with E-state index in [1.165, 1.54) is 0 Å². The molecule has 1 heterocycles. The summed E-state index contributed by atoms with van der Waals surface area (Å²) in [5.74, 6) is -1.35. The summed E-state index contributed by atoms with van der Waals surface area (Å²) in [6.45, 7) is 3.93. The number of rotatable bonds is 6. The maximum absolute atomic E-state index is 12.7. The molecule has 1 saturated heterocycles. The topological polar surface area (TPSA) is 84.0 Å². The van der Waals surface area contributed by atoms with E-state index in [1.807, 2.05) is 13.8 Å². The number of carbonyl (C=O) groups excluding carboxylic acids is 4. The van der Waals surface area contributed by atoms with Gasteiger partial charge in [0.1, 0.15) is 5.75 Å². The third-order valence-corrected chi connectivity index (χ3v) is 5.27. The molecule has 7 nitrogen and oxygen atoms in total. The molecule has 144 valence electrons. The fraction of sp³-hybridized carbons (Fsp3) is 0.500. The van der Waals surface area contributed by atoms with Crippen molar-refractivity contribution < 1.29 is 23.9 Å². The smallest absolute Gasteiger partial charge is 0.334 e. The molecule has 1 aromatic carbocycles. The van der Waals surface area contributed by atoms with E-state index in [9.17, 15) is 19.2 Å². The lowest BCUT2D eigenvalue weighted by atomic mass is 9.85. The van der Waals surface area contributed by atoms with Crippen molar-refractivity contribution in [2.75, 3.05) is 13.2 Å². The van der Waals surface area contributed by atoms with E-state index in [4.69, 9.17) is 4.74 Å². The zero-order valence-electron chi connectivity index (χ0n) is 15.6. The molecular formula is C20H24N2O5. The van der Waals surface area contributed by atoms with Crippen LogP contribution in [0.25, 0.3) is 0 Å². The van der Waals surface area contributed by atoms with Crippen molar-refractivity contribution in [2.24, 2.45) is 5.92 Å². The molecule has 7 heteroatoms. The molecule has 2 fully saturated rings. The van der Waals surface area contributed by atoms with Crippen molar-refractivity contribution >= 4 is 23.6 Å². The summed E-state index contributed by atoms with van der Waals surface area (Å²) in [6, 6.07) is 5.54. The van der Waals surface area contributed by atoms with Gasteiger partial charge in [0.2, 0.25) is 0 Å². The molecule has 27 heavy (non-hydrogen) atoms. The van der Waals surface area contributed by atoms with E-state index >= 15 is 0 Å². The third kappa shape index (κ3) is 3.72. The quantitative estimate of drug-likeness (QED) is 0.435. The highest BCUT2D eigenvalue weighted by atomic mass is 16.5. The van der Waals surface area contributed by atoms with Gasteiger partial charge < -0.3 is 4.74 Å². The molecule has 2 atom stereocenters. The first-order chi connectivity index (χ1) is 12.9. The molecule has 1 saturated carbocycles. The van der Waals surface area contributed by atoms with Crippen LogP contribution in [0.2, 0.25) is 0 Å². The van der Waals surface area contributed by atoms with Crippen LogP contribution in [0.3, 0.4) is 0 Å². The summed E-state index contributed by atoms with van der Waals surface area (Å²) in [7, 11) is 0. The molecule has 0 unspecified atom stereocenters. The molecule has 0 aromatic heterocycles. The number of benzene rings is 1. The van der Waals surface area contributed by atoms with Gasteiger partial charge in [0, 0.05) is 11.6 Å². The zero-order chi connectivity index (χ0) is 19.6. The number of carbonyl (C=O) groups is 4. The number of ketones is 1. The molecule has 1 aliphatic heterocycles. The standard InChI is InChI=1S/C20H24N2O5/c1-3-27-15-10-8-14(9-11-15)17(23)12-21-18(24)19(25)22(20(21)26)16-7-5-4-6-13(16)2/h8-11,13,16H,3-7,12H2,1-2H3/t13-,16+/m0/s1. The summed E-state index contributed by atoms with van der Waals surface area (Å²) in [4.78, 5) is 51.8. The predicted octanol–water partition coefficient (Wildman–Crippen LogP) is 2.64. The molecule has 1 aromatic rings. The fourth-order valence-electron chi connectivity index (χ4n) is 3.77. The molecule has 3 rings (SSSR count). The minimum absolute atomic E-state index is 0.154. The first-order valence-corrected chi connectivity index (χ1v) is 9.39. The zero-order valence-corrected chi connectivity index (χ0v) is 15.6. The van der Waals surface area contributed by atoms with Crippen LogP contribution >= 0.6 is 0 Å². The van der Waals surface area contributed by atoms with Crippen molar-refractivity contribution in [3.8, 4) is 5.75 Å². The fourth-order valence-corrected chi connectivity index (χ4v) is 3.77. The number of nitrogens with zero attached hydrogens (tertiary/aromatic N) is 2. The molecule has 0 radical (unpaired) electrons. The van der Waals surface area contributed by atoms with E-state index in [1.54, 1.807) is 24.3 Å². The van der Waals surface area contributed by atoms with Crippen molar-refractivity contribution in [3.05, 3.63) is 29.8 Å². The SMILES string of the molecule is CCOc1ccc(C(=O)CN2C(=O)C(=O)N([C@@H]3CCCC[C@@H]3C)C2=O)cc1. The molecule has 0 bridgehead atoms. The summed E-state index contributed by atoms with van der Waals surface area (Å²) >= 11 is 0. The molecule has 1 aliphatic carbocycles. The maximum atomic E-state index is 12.7. The molecular weight excluding hydrogens is 348 g/mol. The van der Waals surface area contributed by atoms with E-state index in [0.717, 1.165) is 29.1 Å². The Morgan fingerprint density at radius 2 is 1.74 bits per heavy atom. The van der Waals surface area contributed by atoms with Crippen LogP contribution in [-0.4, -0.2) is 52.6 Å². The van der Waals surface area contributed by atoms with Crippen LogP contribution < -0.4 is 4.74 Å². The van der Waals surface area contributed by atoms with E-state index < -0.39 is 30.2 Å². The number of imide groups is 2. The second-order valence-corrected chi connectivity index (χ2v) is 7.06. The van der Waals surface area contributed by atoms with Gasteiger partial charge in [0.15, 0.2) is 5.78 Å². The largest absolute Gasteiger partial charge is 0.494 e. The van der Waals surface area contributed by atoms with Crippen LogP contribution in [0.15, 0.2) is 24.3 Å². The minimum atomic E-state index is -0.919. The second-order valence-electron chi connectivity index (χ2n) is 7.06. The highest BCUT2D eigenvalue weighted by Crippen LogP contribution is 2.31. The molecule has 0 N–H and O–H groups in total. The molecule has 4 amide bonds. The summed E-state index contributed by atoms with van der Waals surface area (Å²) in [5, 5.41) is 0. The number of hydrogen-bond acceptors (Lipinski definition) is 5. The normalized spacial score (nSPS) is 23.1. The van der Waals surface area contributed by atoms with Crippen LogP contribution in [0.1, 0.15) is 49.9 Å². The van der Waals surface area contributed by atoms with Crippen LogP contribution in [0.4, 0.5) is 4.79 Å². The van der Waals surface area contributed by atoms with Gasteiger partial charge in [0.25, 0.3) is 0 Å². The van der Waals surface area contributed by atoms with Gasteiger partial charge in [-0.05, 0) is 49.9 Å². The average Bonchev–Trinajstić information content (AvgIpc) is 2.87. The predicted molar refractivity (Wildman–Crippen MR) is 97.3 cm³/mol. The number of Topliss-reactive ketones (excluding diaryl/α,β-unsaturated/α-hetero) is 1. The maximum Gasteiger partial charge on any atom is 0.334 e. The monoisotopic (exact) mass is 372 g/mol. The Morgan fingerprint density at radius 1 is 1.07 bits per heavy atom. The van der Waals surface area contributed by atoms with Crippen molar-refractivity contribution in [1.29, 1.82) is 0 Å². The first-order valence-electron chi connectivity index (χ1n) is 9.39. The van der Waals surface area contributed by atoms with Crippen LogP contribution in [-0.2, 0) is 9.59 Å². The average molecular weight is 372 g/mol. The van der Waals surface area contributed by atoms with Gasteiger partial charge >= 0.3 is 17.8 Å². The van der Waals surface area contributed by atoms with E-state index in [-0.39, 0.29) is 12.0 Å². The van der Waals surface area contributed by atoms with Gasteiger partial charge in [-0.15, -0.1) is 0 Å². The number of hydrogen-bond donors (Lipinski definition) is 0. The number of ether oxygens (including phenoxy) is 1. The van der Waals surface area contributed by atoms with Crippen molar-refractivity contribution in [1.82, 2.24) is 9.80 Å². The first kappa shape index (κ1) is 19.1. The lowest BCUT2D eigenvalue weighted by molar-refractivity contribution is -0.144. The second kappa shape index (κ2) is 7.90. The number of urea groups is 1. The van der Waals surface area contributed by atoms with Gasteiger partial charge in [-0.1, -0.05) is 19.8 Å². The van der Waals surface area contributed by atoms with Gasteiger partial charge in [-0.2, -0.15) is 0 Å². The van der Waals surface area contributed by atoms with Crippen molar-refractivity contribution in [2.45, 2.75) is 45.6 Å². The van der Waals surface area contributed by atoms with Crippen LogP contribution in [0, 0.1) is 5.92 Å². The Balaban J connectivity index is 1.72. The Kier molecular flexibility index (Phi) is 5.58. The van der Waals surface area contributed by atoms with Gasteiger partial charge in [-0.3, -0.25) is 19.3 Å². The Hall–Kier alpha value is -2.70. The molecule has 0 spiro atoms. The number of amides is 4. The summed E-state index contributed by atoms with van der Waals surface area (Å²) < 4.78 is 5.33. The Labute approximate surface area is 158 Å². The Morgan fingerprint density at radius 3 is 2.37 bits per heavy atom. The van der Waals surface area contributed by atoms with Crippen LogP contribution in [0.5, 0.6) is 5.75 Å². The van der Waals surface area contributed by atoms with Gasteiger partial charge in [0.05, 0.1) is 13.2 Å². The minimum Gasteiger partial charge on any atom is -0.494 e.